The number of amides is 1. The number of rotatable bonds is 3. The Morgan fingerprint density at radius 2 is 2.18 bits per heavy atom. The normalized spacial score (nSPS) is 9.18. The van der Waals surface area contributed by atoms with Crippen LogP contribution in [-0.2, 0) is 4.79 Å². The first-order chi connectivity index (χ1) is 5.38. The van der Waals surface area contributed by atoms with E-state index in [0.29, 0.717) is 0 Å². The second kappa shape index (κ2) is 3.73. The molecule has 0 unspecified atom stereocenters. The predicted molar refractivity (Wildman–Crippen MR) is 42.9 cm³/mol. The molecule has 3 nitrogen and oxygen atoms in total. The molecule has 0 aliphatic carbocycles. The van der Waals surface area contributed by atoms with E-state index in [1.807, 2.05) is 0 Å². The van der Waals surface area contributed by atoms with Gasteiger partial charge >= 0.3 is 0 Å². The number of carbonyl (C=O) groups is 1. The molecule has 1 rings (SSSR count). The van der Waals surface area contributed by atoms with Gasteiger partial charge in [-0.15, -0.1) is 0 Å². The maximum atomic E-state index is 10.4. The molecule has 3 heteroatoms. The Morgan fingerprint density at radius 1 is 1.55 bits per heavy atom. The van der Waals surface area contributed by atoms with Crippen molar-refractivity contribution in [2.75, 3.05) is 12.1 Å². The van der Waals surface area contributed by atoms with Crippen LogP contribution in [-0.4, -0.2) is 13.5 Å². The lowest BCUT2D eigenvalue weighted by atomic mass is 10.3. The summed E-state index contributed by atoms with van der Waals surface area (Å²) in [5, 5.41) is 1.38. The van der Waals surface area contributed by atoms with Gasteiger partial charge in [0, 0.05) is 7.05 Å². The van der Waals surface area contributed by atoms with E-state index in [-0.39, 0.29) is 0 Å². The number of anilines is 1. The van der Waals surface area contributed by atoms with Crippen molar-refractivity contribution in [3.05, 3.63) is 30.3 Å². The van der Waals surface area contributed by atoms with Crippen LogP contribution in [0.25, 0.3) is 0 Å². The first-order valence-electron chi connectivity index (χ1n) is 3.26. The molecule has 1 aromatic carbocycles. The summed E-state index contributed by atoms with van der Waals surface area (Å²) in [7, 11) is 1.69. The Balaban J connectivity index is 2.82. The zero-order valence-electron chi connectivity index (χ0n) is 6.24. The third-order valence-corrected chi connectivity index (χ3v) is 1.33. The Hall–Kier alpha value is -1.35. The molecule has 1 amide bonds. The predicted octanol–water partition coefficient (Wildman–Crippen LogP) is 0.584. The van der Waals surface area contributed by atoms with E-state index in [1.165, 1.54) is 5.01 Å². The first-order valence-corrected chi connectivity index (χ1v) is 3.26. The minimum Gasteiger partial charge on any atom is -0.277 e. The number of hydrazine groups is 1. The molecule has 1 radical (unpaired) electrons. The Kier molecular flexibility index (Phi) is 2.63. The van der Waals surface area contributed by atoms with Crippen LogP contribution in [0.2, 0.25) is 0 Å². The highest BCUT2D eigenvalue weighted by atomic mass is 16.1. The van der Waals surface area contributed by atoms with E-state index in [0.717, 1.165) is 12.1 Å². The molecule has 0 atom stereocenters. The standard InChI is InChI=1S/C8H9N2O/c1-9-10(7-11)8-5-3-2-4-6-8/h3-7,9H,1H3. The van der Waals surface area contributed by atoms with Gasteiger partial charge < -0.3 is 0 Å². The lowest BCUT2D eigenvalue weighted by Gasteiger charge is -2.14. The third kappa shape index (κ3) is 1.78. The molecule has 0 fully saturated rings. The summed E-state index contributed by atoms with van der Waals surface area (Å²) in [4.78, 5) is 10.4. The summed E-state index contributed by atoms with van der Waals surface area (Å²) >= 11 is 0. The average molecular weight is 149 g/mol. The van der Waals surface area contributed by atoms with Gasteiger partial charge in [-0.3, -0.25) is 4.79 Å². The number of hydrogen-bond acceptors (Lipinski definition) is 2. The molecule has 0 aliphatic heterocycles. The second-order valence-electron chi connectivity index (χ2n) is 1.96. The summed E-state index contributed by atoms with van der Waals surface area (Å²) in [5.41, 5.74) is 3.53. The fraction of sp³-hybridized carbons (Fsp3) is 0.125. The van der Waals surface area contributed by atoms with Gasteiger partial charge in [0.25, 0.3) is 0 Å². The van der Waals surface area contributed by atoms with Gasteiger partial charge in [0.05, 0.1) is 5.69 Å². The fourth-order valence-electron chi connectivity index (χ4n) is 0.781. The minimum absolute atomic E-state index is 0.718. The summed E-state index contributed by atoms with van der Waals surface area (Å²) in [6.07, 6.45) is 0.718. The van der Waals surface area contributed by atoms with Crippen LogP contribution in [0.5, 0.6) is 0 Å². The van der Waals surface area contributed by atoms with Gasteiger partial charge in [-0.25, -0.2) is 10.4 Å². The summed E-state index contributed by atoms with van der Waals surface area (Å²) in [5.74, 6) is 0. The van der Waals surface area contributed by atoms with Gasteiger partial charge in [0.15, 0.2) is 0 Å². The molecule has 0 saturated carbocycles. The van der Waals surface area contributed by atoms with Crippen molar-refractivity contribution < 1.29 is 4.79 Å². The zero-order chi connectivity index (χ0) is 8.10. The lowest BCUT2D eigenvalue weighted by molar-refractivity contribution is -0.107. The van der Waals surface area contributed by atoms with E-state index < -0.39 is 0 Å². The Bertz CT molecular complexity index is 223. The molecule has 0 saturated heterocycles. The average Bonchev–Trinajstić information content (AvgIpc) is 2.09. The van der Waals surface area contributed by atoms with Crippen molar-refractivity contribution >= 4 is 12.1 Å². The number of nitrogens with one attached hydrogen (secondary N) is 1. The van der Waals surface area contributed by atoms with E-state index in [9.17, 15) is 4.79 Å². The molecular formula is C8H9N2O. The fourth-order valence-corrected chi connectivity index (χ4v) is 0.781. The highest BCUT2D eigenvalue weighted by Crippen LogP contribution is 2.07. The van der Waals surface area contributed by atoms with Crippen LogP contribution < -0.4 is 10.4 Å². The van der Waals surface area contributed by atoms with Gasteiger partial charge in [-0.2, -0.15) is 0 Å². The van der Waals surface area contributed by atoms with Gasteiger partial charge in [-0.1, -0.05) is 12.1 Å². The molecular weight excluding hydrogens is 140 g/mol. The molecule has 0 spiro atoms. The molecule has 57 valence electrons. The lowest BCUT2D eigenvalue weighted by Crippen LogP contribution is -2.33. The van der Waals surface area contributed by atoms with Crippen molar-refractivity contribution in [2.24, 2.45) is 0 Å². The van der Waals surface area contributed by atoms with Crippen LogP contribution in [0, 0.1) is 6.07 Å². The van der Waals surface area contributed by atoms with Crippen LogP contribution in [0.4, 0.5) is 5.69 Å². The van der Waals surface area contributed by atoms with Crippen LogP contribution in [0.3, 0.4) is 0 Å². The monoisotopic (exact) mass is 149 g/mol. The molecule has 1 aromatic rings. The van der Waals surface area contributed by atoms with E-state index in [1.54, 1.807) is 31.3 Å². The minimum atomic E-state index is 0.718. The largest absolute Gasteiger partial charge is 0.277 e. The van der Waals surface area contributed by atoms with Crippen molar-refractivity contribution in [2.45, 2.75) is 0 Å². The van der Waals surface area contributed by atoms with Crippen molar-refractivity contribution in [3.8, 4) is 0 Å². The van der Waals surface area contributed by atoms with Crippen LogP contribution >= 0.6 is 0 Å². The SMILES string of the molecule is CNN(C=O)c1cc[c]cc1. The Labute approximate surface area is 65.6 Å². The molecule has 0 bridgehead atoms. The highest BCUT2D eigenvalue weighted by molar-refractivity contribution is 5.73. The summed E-state index contributed by atoms with van der Waals surface area (Å²) in [6, 6.07) is 9.96. The quantitative estimate of drug-likeness (QED) is 0.503. The van der Waals surface area contributed by atoms with Crippen LogP contribution in [0.15, 0.2) is 24.3 Å². The van der Waals surface area contributed by atoms with Crippen LogP contribution in [0.1, 0.15) is 0 Å². The highest BCUT2D eigenvalue weighted by Gasteiger charge is 1.98. The van der Waals surface area contributed by atoms with Crippen molar-refractivity contribution in [3.63, 3.8) is 0 Å². The third-order valence-electron chi connectivity index (χ3n) is 1.33. The smallest absolute Gasteiger partial charge is 0.228 e. The second-order valence-corrected chi connectivity index (χ2v) is 1.96. The van der Waals surface area contributed by atoms with Gasteiger partial charge in [0.2, 0.25) is 6.41 Å². The molecule has 0 aromatic heterocycles. The Morgan fingerprint density at radius 3 is 2.64 bits per heavy atom. The maximum Gasteiger partial charge on any atom is 0.228 e. The number of benzene rings is 1. The topological polar surface area (TPSA) is 32.3 Å². The molecule has 11 heavy (non-hydrogen) atoms. The number of nitrogens with zero attached hydrogens (tertiary/aromatic N) is 1. The van der Waals surface area contributed by atoms with Gasteiger partial charge in [-0.05, 0) is 18.2 Å². The number of hydrogen-bond donors (Lipinski definition) is 1. The zero-order valence-corrected chi connectivity index (χ0v) is 6.24. The van der Waals surface area contributed by atoms with E-state index in [4.69, 9.17) is 0 Å². The van der Waals surface area contributed by atoms with E-state index in [2.05, 4.69) is 11.5 Å². The first kappa shape index (κ1) is 7.75. The van der Waals surface area contributed by atoms with Gasteiger partial charge in [0.1, 0.15) is 0 Å². The van der Waals surface area contributed by atoms with Crippen molar-refractivity contribution in [1.29, 1.82) is 0 Å². The van der Waals surface area contributed by atoms with E-state index >= 15 is 0 Å². The summed E-state index contributed by atoms with van der Waals surface area (Å²) in [6.45, 7) is 0. The molecule has 0 heterocycles. The number of carbonyl (C=O) groups excluding carboxylic acids is 1. The molecule has 1 N–H and O–H groups in total. The molecule has 0 aliphatic rings. The summed E-state index contributed by atoms with van der Waals surface area (Å²) < 4.78 is 0. The maximum absolute atomic E-state index is 10.4. The van der Waals surface area contributed by atoms with Crippen molar-refractivity contribution in [1.82, 2.24) is 5.43 Å².